The van der Waals surface area contributed by atoms with Crippen LogP contribution in [0.5, 0.6) is 0 Å². The molecular formula is C20H20N4O. The predicted molar refractivity (Wildman–Crippen MR) is 99.8 cm³/mol. The Kier molecular flexibility index (Phi) is 3.84. The van der Waals surface area contributed by atoms with Crippen LogP contribution in [0.3, 0.4) is 0 Å². The van der Waals surface area contributed by atoms with Gasteiger partial charge in [0.2, 0.25) is 0 Å². The molecule has 0 bridgehead atoms. The van der Waals surface area contributed by atoms with Crippen molar-refractivity contribution < 1.29 is 0 Å². The van der Waals surface area contributed by atoms with Crippen LogP contribution in [0.25, 0.3) is 27.7 Å². The molecule has 0 unspecified atom stereocenters. The van der Waals surface area contributed by atoms with Gasteiger partial charge >= 0.3 is 0 Å². The Morgan fingerprint density at radius 2 is 1.92 bits per heavy atom. The summed E-state index contributed by atoms with van der Waals surface area (Å²) in [5.41, 5.74) is 4.57. The maximum Gasteiger partial charge on any atom is 0.261 e. The fraction of sp³-hybridized carbons (Fsp3) is 0.250. The number of benzene rings is 1. The predicted octanol–water partition coefficient (Wildman–Crippen LogP) is 3.82. The molecule has 5 heteroatoms. The summed E-state index contributed by atoms with van der Waals surface area (Å²) in [5.74, 6) is 0. The molecule has 4 rings (SSSR count). The smallest absolute Gasteiger partial charge is 0.261 e. The Morgan fingerprint density at radius 1 is 1.12 bits per heavy atom. The van der Waals surface area contributed by atoms with Crippen LogP contribution in [-0.4, -0.2) is 19.2 Å². The molecule has 25 heavy (non-hydrogen) atoms. The van der Waals surface area contributed by atoms with Crippen molar-refractivity contribution >= 4 is 16.6 Å². The maximum atomic E-state index is 12.7. The molecular weight excluding hydrogens is 312 g/mol. The van der Waals surface area contributed by atoms with Crippen molar-refractivity contribution in [2.24, 2.45) is 0 Å². The highest BCUT2D eigenvalue weighted by molar-refractivity contribution is 5.86. The van der Waals surface area contributed by atoms with E-state index in [0.717, 1.165) is 47.4 Å². The molecule has 0 N–H and O–H groups in total. The molecule has 0 atom stereocenters. The summed E-state index contributed by atoms with van der Waals surface area (Å²) in [6.07, 6.45) is 5.59. The van der Waals surface area contributed by atoms with Crippen LogP contribution in [0, 0.1) is 6.92 Å². The van der Waals surface area contributed by atoms with E-state index in [4.69, 9.17) is 0 Å². The summed E-state index contributed by atoms with van der Waals surface area (Å²) in [6, 6.07) is 12.1. The minimum atomic E-state index is -0.00485. The number of nitrogens with zero attached hydrogens (tertiary/aromatic N) is 4. The van der Waals surface area contributed by atoms with Gasteiger partial charge in [-0.2, -0.15) is 5.10 Å². The van der Waals surface area contributed by atoms with E-state index < -0.39 is 0 Å². The number of hydrogen-bond acceptors (Lipinski definition) is 3. The molecule has 0 saturated carbocycles. The van der Waals surface area contributed by atoms with Crippen LogP contribution in [0.2, 0.25) is 0 Å². The van der Waals surface area contributed by atoms with Crippen LogP contribution < -0.4 is 5.56 Å². The molecule has 1 aromatic carbocycles. The summed E-state index contributed by atoms with van der Waals surface area (Å²) >= 11 is 0. The lowest BCUT2D eigenvalue weighted by molar-refractivity contribution is 0.616. The fourth-order valence-corrected chi connectivity index (χ4v) is 3.26. The van der Waals surface area contributed by atoms with Crippen molar-refractivity contribution in [1.29, 1.82) is 0 Å². The summed E-state index contributed by atoms with van der Waals surface area (Å²) in [7, 11) is 0. The van der Waals surface area contributed by atoms with Gasteiger partial charge in [-0.1, -0.05) is 43.7 Å². The summed E-state index contributed by atoms with van der Waals surface area (Å²) in [6.45, 7) is 4.83. The van der Waals surface area contributed by atoms with Gasteiger partial charge in [-0.15, -0.1) is 0 Å². The van der Waals surface area contributed by atoms with E-state index in [2.05, 4.69) is 29.1 Å². The van der Waals surface area contributed by atoms with Gasteiger partial charge in [-0.3, -0.25) is 4.79 Å². The number of unbranched alkanes of at least 4 members (excludes halogenated alkanes) is 1. The zero-order valence-electron chi connectivity index (χ0n) is 14.4. The molecule has 5 nitrogen and oxygen atoms in total. The summed E-state index contributed by atoms with van der Waals surface area (Å²) in [4.78, 5) is 17.3. The zero-order valence-corrected chi connectivity index (χ0v) is 14.4. The second-order valence-electron chi connectivity index (χ2n) is 6.29. The normalized spacial score (nSPS) is 11.4. The Morgan fingerprint density at radius 3 is 2.68 bits per heavy atom. The third kappa shape index (κ3) is 2.52. The van der Waals surface area contributed by atoms with Gasteiger partial charge in [0.15, 0.2) is 5.65 Å². The van der Waals surface area contributed by atoms with Gasteiger partial charge in [-0.25, -0.2) is 9.50 Å². The number of hydrogen-bond donors (Lipinski definition) is 0. The first-order valence-electron chi connectivity index (χ1n) is 8.63. The third-order valence-corrected chi connectivity index (χ3v) is 4.57. The Bertz CT molecular complexity index is 1110. The van der Waals surface area contributed by atoms with Gasteiger partial charge in [0.1, 0.15) is 0 Å². The monoisotopic (exact) mass is 332 g/mol. The van der Waals surface area contributed by atoms with E-state index in [1.807, 2.05) is 37.4 Å². The van der Waals surface area contributed by atoms with Gasteiger partial charge in [-0.05, 0) is 25.0 Å². The summed E-state index contributed by atoms with van der Waals surface area (Å²) < 4.78 is 3.55. The molecule has 0 fully saturated rings. The molecule has 4 aromatic rings. The highest BCUT2D eigenvalue weighted by Crippen LogP contribution is 2.28. The lowest BCUT2D eigenvalue weighted by atomic mass is 10.1. The quantitative estimate of drug-likeness (QED) is 0.571. The van der Waals surface area contributed by atoms with Crippen LogP contribution in [0.15, 0.2) is 53.6 Å². The topological polar surface area (TPSA) is 52.2 Å². The highest BCUT2D eigenvalue weighted by atomic mass is 16.1. The van der Waals surface area contributed by atoms with E-state index in [-0.39, 0.29) is 5.56 Å². The average Bonchev–Trinajstić information content (AvgIpc) is 2.98. The third-order valence-electron chi connectivity index (χ3n) is 4.57. The van der Waals surface area contributed by atoms with Gasteiger partial charge in [0.05, 0.1) is 16.6 Å². The lowest BCUT2D eigenvalue weighted by Gasteiger charge is -2.07. The standard InChI is InChI=1S/C20H20N4O/c1-3-4-11-23-12-10-17-16(20(23)25)13-21-19-18(14(2)22-24(17)19)15-8-6-5-7-9-15/h5-10,12-13H,3-4,11H2,1-2H3. The Labute approximate surface area is 145 Å². The van der Waals surface area contributed by atoms with E-state index in [0.29, 0.717) is 5.39 Å². The fourth-order valence-electron chi connectivity index (χ4n) is 3.26. The van der Waals surface area contributed by atoms with Crippen molar-refractivity contribution in [1.82, 2.24) is 19.2 Å². The molecule has 0 aliphatic heterocycles. The molecule has 0 aliphatic rings. The molecule has 0 radical (unpaired) electrons. The lowest BCUT2D eigenvalue weighted by Crippen LogP contribution is -2.20. The first-order chi connectivity index (χ1) is 12.2. The molecule has 0 aliphatic carbocycles. The second kappa shape index (κ2) is 6.16. The largest absolute Gasteiger partial charge is 0.315 e. The average molecular weight is 332 g/mol. The van der Waals surface area contributed by atoms with Crippen LogP contribution in [0.1, 0.15) is 25.5 Å². The Balaban J connectivity index is 1.97. The second-order valence-corrected chi connectivity index (χ2v) is 6.29. The van der Waals surface area contributed by atoms with Gasteiger partial charge in [0.25, 0.3) is 5.56 Å². The van der Waals surface area contributed by atoms with Crippen molar-refractivity contribution in [3.63, 3.8) is 0 Å². The van der Waals surface area contributed by atoms with Crippen molar-refractivity contribution in [3.05, 3.63) is 64.8 Å². The van der Waals surface area contributed by atoms with Crippen molar-refractivity contribution in [2.45, 2.75) is 33.2 Å². The van der Waals surface area contributed by atoms with E-state index >= 15 is 0 Å². The van der Waals surface area contributed by atoms with E-state index in [1.54, 1.807) is 15.3 Å². The SMILES string of the molecule is CCCCn1ccc2c(cnc3c(-c4ccccc4)c(C)nn32)c1=O. The van der Waals surface area contributed by atoms with E-state index in [1.165, 1.54) is 0 Å². The minimum absolute atomic E-state index is 0.00485. The number of aromatic nitrogens is 4. The maximum absolute atomic E-state index is 12.7. The molecule has 126 valence electrons. The number of fused-ring (bicyclic) bond motifs is 3. The summed E-state index contributed by atoms with van der Waals surface area (Å²) in [5, 5.41) is 5.26. The molecule has 0 saturated heterocycles. The van der Waals surface area contributed by atoms with Crippen LogP contribution in [-0.2, 0) is 6.54 Å². The Hall–Kier alpha value is -2.95. The first-order valence-corrected chi connectivity index (χ1v) is 8.63. The van der Waals surface area contributed by atoms with Gasteiger partial charge < -0.3 is 4.57 Å². The van der Waals surface area contributed by atoms with Crippen molar-refractivity contribution in [3.8, 4) is 11.1 Å². The van der Waals surface area contributed by atoms with Crippen LogP contribution in [0.4, 0.5) is 0 Å². The zero-order chi connectivity index (χ0) is 17.4. The van der Waals surface area contributed by atoms with E-state index in [9.17, 15) is 4.79 Å². The molecule has 3 aromatic heterocycles. The van der Waals surface area contributed by atoms with Crippen molar-refractivity contribution in [2.75, 3.05) is 0 Å². The number of pyridine rings is 1. The van der Waals surface area contributed by atoms with Gasteiger partial charge in [0, 0.05) is 24.5 Å². The van der Waals surface area contributed by atoms with Crippen LogP contribution >= 0.6 is 0 Å². The molecule has 0 spiro atoms. The highest BCUT2D eigenvalue weighted by Gasteiger charge is 2.15. The minimum Gasteiger partial charge on any atom is -0.315 e. The molecule has 0 amide bonds. The number of aryl methyl sites for hydroxylation is 2. The molecule has 3 heterocycles. The first kappa shape index (κ1) is 15.6. The number of rotatable bonds is 4.